The first-order chi connectivity index (χ1) is 7.22. The molecule has 0 unspecified atom stereocenters. The summed E-state index contributed by atoms with van der Waals surface area (Å²) in [6.07, 6.45) is 3.79. The molecule has 1 atom stereocenters. The highest BCUT2D eigenvalue weighted by molar-refractivity contribution is 5.76. The minimum absolute atomic E-state index is 0.0900. The largest absolute Gasteiger partial charge is 0.381 e. The van der Waals surface area contributed by atoms with Crippen LogP contribution in [0.2, 0.25) is 0 Å². The van der Waals surface area contributed by atoms with Crippen LogP contribution in [-0.4, -0.2) is 31.7 Å². The number of carbonyl (C=O) groups is 1. The minimum atomic E-state index is 0.0900. The van der Waals surface area contributed by atoms with Gasteiger partial charge in [0.15, 0.2) is 0 Å². The van der Waals surface area contributed by atoms with Crippen LogP contribution in [0.15, 0.2) is 0 Å². The second-order valence-corrected chi connectivity index (χ2v) is 4.30. The average Bonchev–Trinajstić information content (AvgIpc) is 2.27. The summed E-state index contributed by atoms with van der Waals surface area (Å²) in [5.41, 5.74) is 5.43. The monoisotopic (exact) mass is 214 g/mol. The van der Waals surface area contributed by atoms with Gasteiger partial charge in [0, 0.05) is 32.2 Å². The minimum Gasteiger partial charge on any atom is -0.381 e. The number of carbonyl (C=O) groups excluding carboxylic acids is 1. The van der Waals surface area contributed by atoms with Gasteiger partial charge < -0.3 is 15.8 Å². The van der Waals surface area contributed by atoms with Crippen LogP contribution in [0.5, 0.6) is 0 Å². The summed E-state index contributed by atoms with van der Waals surface area (Å²) in [6.45, 7) is 4.13. The van der Waals surface area contributed by atoms with Crippen LogP contribution in [0, 0.1) is 5.92 Å². The van der Waals surface area contributed by atoms with Crippen molar-refractivity contribution in [2.75, 3.05) is 19.8 Å². The molecule has 1 heterocycles. The predicted octanol–water partition coefficient (Wildman–Crippen LogP) is 0.657. The molecular formula is C11H22N2O2. The molecule has 4 heteroatoms. The van der Waals surface area contributed by atoms with Gasteiger partial charge in [-0.05, 0) is 32.1 Å². The van der Waals surface area contributed by atoms with E-state index < -0.39 is 0 Å². The van der Waals surface area contributed by atoms with Gasteiger partial charge in [0.05, 0.1) is 0 Å². The molecule has 1 rings (SSSR count). The molecule has 15 heavy (non-hydrogen) atoms. The zero-order valence-corrected chi connectivity index (χ0v) is 9.50. The second kappa shape index (κ2) is 6.80. The Balaban J connectivity index is 2.10. The predicted molar refractivity (Wildman–Crippen MR) is 59.4 cm³/mol. The molecule has 1 fully saturated rings. The molecule has 3 N–H and O–H groups in total. The van der Waals surface area contributed by atoms with E-state index in [-0.39, 0.29) is 11.9 Å². The number of nitrogens with two attached hydrogens (primary N) is 1. The Labute approximate surface area is 91.5 Å². The van der Waals surface area contributed by atoms with Crippen LogP contribution in [0.4, 0.5) is 0 Å². The molecule has 4 nitrogen and oxygen atoms in total. The van der Waals surface area contributed by atoms with E-state index in [1.165, 1.54) is 0 Å². The molecule has 0 aromatic carbocycles. The van der Waals surface area contributed by atoms with E-state index in [9.17, 15) is 4.79 Å². The van der Waals surface area contributed by atoms with E-state index in [4.69, 9.17) is 10.5 Å². The van der Waals surface area contributed by atoms with Crippen LogP contribution >= 0.6 is 0 Å². The maximum atomic E-state index is 11.5. The molecule has 0 aromatic heterocycles. The lowest BCUT2D eigenvalue weighted by Gasteiger charge is -2.21. The highest BCUT2D eigenvalue weighted by atomic mass is 16.5. The number of nitrogens with one attached hydrogen (secondary N) is 1. The second-order valence-electron chi connectivity index (χ2n) is 4.30. The topological polar surface area (TPSA) is 64.3 Å². The molecule has 1 amide bonds. The van der Waals surface area contributed by atoms with Crippen molar-refractivity contribution >= 4 is 5.91 Å². The molecule has 88 valence electrons. The lowest BCUT2D eigenvalue weighted by Crippen LogP contribution is -2.37. The molecule has 0 spiro atoms. The number of hydrogen-bond acceptors (Lipinski definition) is 3. The molecule has 0 radical (unpaired) electrons. The Bertz CT molecular complexity index is 191. The standard InChI is InChI=1S/C11H22N2O2/c1-9(8-12)13-11(14)3-2-10-4-6-15-7-5-10/h9-10H,2-8,12H2,1H3,(H,13,14)/t9-/m1/s1. The molecule has 1 saturated heterocycles. The molecule has 1 aliphatic heterocycles. The first-order valence-electron chi connectivity index (χ1n) is 5.79. The Hall–Kier alpha value is -0.610. The summed E-state index contributed by atoms with van der Waals surface area (Å²) >= 11 is 0. The first kappa shape index (κ1) is 12.5. The van der Waals surface area contributed by atoms with Crippen molar-refractivity contribution in [2.45, 2.75) is 38.6 Å². The van der Waals surface area contributed by atoms with Crippen LogP contribution in [0.3, 0.4) is 0 Å². The average molecular weight is 214 g/mol. The van der Waals surface area contributed by atoms with E-state index in [2.05, 4.69) is 5.32 Å². The third kappa shape index (κ3) is 5.14. The highest BCUT2D eigenvalue weighted by Crippen LogP contribution is 2.19. The SMILES string of the molecule is C[C@H](CN)NC(=O)CCC1CCOCC1. The number of ether oxygens (including phenoxy) is 1. The number of amides is 1. The zero-order valence-electron chi connectivity index (χ0n) is 9.50. The van der Waals surface area contributed by atoms with E-state index >= 15 is 0 Å². The maximum Gasteiger partial charge on any atom is 0.220 e. The Morgan fingerprint density at radius 1 is 1.53 bits per heavy atom. The van der Waals surface area contributed by atoms with Crippen LogP contribution < -0.4 is 11.1 Å². The van der Waals surface area contributed by atoms with Gasteiger partial charge in [-0.2, -0.15) is 0 Å². The van der Waals surface area contributed by atoms with Gasteiger partial charge in [0.2, 0.25) is 5.91 Å². The van der Waals surface area contributed by atoms with Gasteiger partial charge >= 0.3 is 0 Å². The van der Waals surface area contributed by atoms with Crippen LogP contribution in [0.1, 0.15) is 32.6 Å². The molecule has 1 aliphatic rings. The van der Waals surface area contributed by atoms with E-state index in [0.29, 0.717) is 18.9 Å². The Kier molecular flexibility index (Phi) is 5.65. The van der Waals surface area contributed by atoms with Crippen molar-refractivity contribution in [3.05, 3.63) is 0 Å². The fourth-order valence-corrected chi connectivity index (χ4v) is 1.78. The Morgan fingerprint density at radius 3 is 2.80 bits per heavy atom. The molecular weight excluding hydrogens is 192 g/mol. The first-order valence-corrected chi connectivity index (χ1v) is 5.79. The summed E-state index contributed by atoms with van der Waals surface area (Å²) in [7, 11) is 0. The Morgan fingerprint density at radius 2 is 2.20 bits per heavy atom. The lowest BCUT2D eigenvalue weighted by molar-refractivity contribution is -0.122. The quantitative estimate of drug-likeness (QED) is 0.706. The van der Waals surface area contributed by atoms with Gasteiger partial charge in [-0.15, -0.1) is 0 Å². The normalized spacial score (nSPS) is 19.9. The van der Waals surface area contributed by atoms with Gasteiger partial charge in [0.1, 0.15) is 0 Å². The van der Waals surface area contributed by atoms with Gasteiger partial charge in [-0.1, -0.05) is 0 Å². The van der Waals surface area contributed by atoms with E-state index in [1.807, 2.05) is 6.92 Å². The van der Waals surface area contributed by atoms with Crippen LogP contribution in [0.25, 0.3) is 0 Å². The van der Waals surface area contributed by atoms with Gasteiger partial charge in [-0.3, -0.25) is 4.79 Å². The summed E-state index contributed by atoms with van der Waals surface area (Å²) in [5.74, 6) is 0.789. The van der Waals surface area contributed by atoms with Crippen LogP contribution in [-0.2, 0) is 9.53 Å². The summed E-state index contributed by atoms with van der Waals surface area (Å²) in [6, 6.07) is 0.0900. The maximum absolute atomic E-state index is 11.5. The number of hydrogen-bond donors (Lipinski definition) is 2. The highest BCUT2D eigenvalue weighted by Gasteiger charge is 2.15. The van der Waals surface area contributed by atoms with Crippen molar-refractivity contribution in [1.29, 1.82) is 0 Å². The fourth-order valence-electron chi connectivity index (χ4n) is 1.78. The van der Waals surface area contributed by atoms with Gasteiger partial charge in [0.25, 0.3) is 0 Å². The van der Waals surface area contributed by atoms with Crippen molar-refractivity contribution < 1.29 is 9.53 Å². The summed E-state index contributed by atoms with van der Waals surface area (Å²) < 4.78 is 5.27. The summed E-state index contributed by atoms with van der Waals surface area (Å²) in [4.78, 5) is 11.5. The summed E-state index contributed by atoms with van der Waals surface area (Å²) in [5, 5.41) is 2.87. The lowest BCUT2D eigenvalue weighted by atomic mass is 9.95. The third-order valence-electron chi connectivity index (χ3n) is 2.88. The van der Waals surface area contributed by atoms with Gasteiger partial charge in [-0.25, -0.2) is 0 Å². The third-order valence-corrected chi connectivity index (χ3v) is 2.88. The van der Waals surface area contributed by atoms with Crippen molar-refractivity contribution in [1.82, 2.24) is 5.32 Å². The zero-order chi connectivity index (χ0) is 11.1. The smallest absolute Gasteiger partial charge is 0.220 e. The van der Waals surface area contributed by atoms with E-state index in [0.717, 1.165) is 32.5 Å². The fraction of sp³-hybridized carbons (Fsp3) is 0.909. The number of rotatable bonds is 5. The van der Waals surface area contributed by atoms with Crippen molar-refractivity contribution in [2.24, 2.45) is 11.7 Å². The molecule has 0 aliphatic carbocycles. The van der Waals surface area contributed by atoms with E-state index in [1.54, 1.807) is 0 Å². The van der Waals surface area contributed by atoms with Crippen molar-refractivity contribution in [3.63, 3.8) is 0 Å². The molecule has 0 bridgehead atoms. The molecule has 0 aromatic rings. The molecule has 0 saturated carbocycles. The van der Waals surface area contributed by atoms with Crippen molar-refractivity contribution in [3.8, 4) is 0 Å².